The number of nitrogens with zero attached hydrogens (tertiary/aromatic N) is 3. The Kier molecular flexibility index (Phi) is 8.25. The van der Waals surface area contributed by atoms with E-state index in [1.54, 1.807) is 44.2 Å². The number of anilines is 2. The first-order valence-corrected chi connectivity index (χ1v) is 15.3. The molecule has 0 aromatic heterocycles. The average molecular weight is 642 g/mol. The van der Waals surface area contributed by atoms with Crippen LogP contribution in [0.2, 0.25) is 0 Å². The Bertz CT molecular complexity index is 2060. The molecule has 3 heterocycles. The van der Waals surface area contributed by atoms with Crippen LogP contribution in [0, 0.1) is 34.5 Å². The molecule has 3 aromatic carbocycles. The van der Waals surface area contributed by atoms with Crippen LogP contribution in [-0.4, -0.2) is 65.3 Å². The number of carbonyl (C=O) groups is 5. The molecule has 4 N–H and O–H groups in total. The molecule has 0 bridgehead atoms. The smallest absolute Gasteiger partial charge is 0.262 e. The predicted octanol–water partition coefficient (Wildman–Crippen LogP) is 3.09. The van der Waals surface area contributed by atoms with E-state index in [1.165, 1.54) is 6.20 Å². The number of allylic oxidation sites excluding steroid dienone is 1. The summed E-state index contributed by atoms with van der Waals surface area (Å²) >= 11 is 0. The molecule has 6 rings (SSSR count). The molecule has 1 unspecified atom stereocenters. The van der Waals surface area contributed by atoms with Gasteiger partial charge in [-0.05, 0) is 50.6 Å². The minimum Gasteiger partial charge on any atom is -0.377 e. The molecule has 3 aromatic rings. The summed E-state index contributed by atoms with van der Waals surface area (Å²) in [5.41, 5.74) is 1.61. The van der Waals surface area contributed by atoms with Crippen LogP contribution in [0.5, 0.6) is 0 Å². The van der Waals surface area contributed by atoms with Crippen molar-refractivity contribution in [1.29, 1.82) is 10.7 Å². The van der Waals surface area contributed by atoms with Gasteiger partial charge in [0.05, 0.1) is 34.3 Å². The number of nitrogens with one attached hydrogen (secondary N) is 4. The Balaban J connectivity index is 1.07. The zero-order chi connectivity index (χ0) is 34.2. The molecule has 5 amide bonds. The quantitative estimate of drug-likeness (QED) is 0.173. The molecule has 3 aliphatic heterocycles. The highest BCUT2D eigenvalue weighted by atomic mass is 16.2. The molecular weight excluding hydrogens is 610 g/mol. The molecule has 48 heavy (non-hydrogen) atoms. The number of hydrogen-bond acceptors (Lipinski definition) is 9. The maximum absolute atomic E-state index is 13.2. The second-order valence-electron chi connectivity index (χ2n) is 12.3. The monoisotopic (exact) mass is 641 g/mol. The number of fused-ring (bicyclic) bond motifs is 2. The molecule has 240 valence electrons. The van der Waals surface area contributed by atoms with Gasteiger partial charge in [0, 0.05) is 54.1 Å². The normalized spacial score (nSPS) is 17.9. The van der Waals surface area contributed by atoms with Crippen molar-refractivity contribution in [3.8, 4) is 17.9 Å². The van der Waals surface area contributed by atoms with Crippen molar-refractivity contribution >= 4 is 57.9 Å². The average Bonchev–Trinajstić information content (AvgIpc) is 3.30. The second-order valence-corrected chi connectivity index (χ2v) is 12.3. The van der Waals surface area contributed by atoms with E-state index in [9.17, 15) is 29.2 Å². The van der Waals surface area contributed by atoms with Crippen LogP contribution in [-0.2, 0) is 14.4 Å². The third-order valence-electron chi connectivity index (χ3n) is 8.70. The minimum absolute atomic E-state index is 0.0140. The van der Waals surface area contributed by atoms with Gasteiger partial charge in [-0.2, -0.15) is 5.26 Å². The third-order valence-corrected chi connectivity index (χ3v) is 8.70. The number of hydrogen-bond donors (Lipinski definition) is 4. The van der Waals surface area contributed by atoms with E-state index >= 15 is 0 Å². The number of imide groups is 2. The highest BCUT2D eigenvalue weighted by Gasteiger charge is 2.45. The third kappa shape index (κ3) is 5.87. The topological polar surface area (TPSA) is 176 Å². The number of benzene rings is 3. The fourth-order valence-electron chi connectivity index (χ4n) is 5.84. The zero-order valence-electron chi connectivity index (χ0n) is 26.2. The van der Waals surface area contributed by atoms with Crippen molar-refractivity contribution in [2.75, 3.05) is 23.3 Å². The SMILES string of the molecule is CC(C)(N/C=C(/C#CC1CN(c2ccc3c(c2)C(=O)N(C2CCC(=O)NC2=O)C3=O)C1)C=N)C(=O)Nc1ccc(C#N)c2ccccc12. The Hall–Kier alpha value is -6.27. The highest BCUT2D eigenvalue weighted by molar-refractivity contribution is 6.23. The summed E-state index contributed by atoms with van der Waals surface area (Å²) in [4.78, 5) is 66.2. The van der Waals surface area contributed by atoms with E-state index in [0.29, 0.717) is 29.9 Å². The van der Waals surface area contributed by atoms with Crippen LogP contribution in [0.1, 0.15) is 53.0 Å². The number of nitriles is 1. The van der Waals surface area contributed by atoms with Crippen molar-refractivity contribution < 1.29 is 24.0 Å². The molecule has 2 fully saturated rings. The van der Waals surface area contributed by atoms with Crippen molar-refractivity contribution in [2.24, 2.45) is 5.92 Å². The Morgan fingerprint density at radius 2 is 1.75 bits per heavy atom. The molecular formula is C36H31N7O5. The molecule has 3 aliphatic rings. The number of rotatable bonds is 7. The molecule has 0 radical (unpaired) electrons. The van der Waals surface area contributed by atoms with Gasteiger partial charge in [0.25, 0.3) is 11.8 Å². The van der Waals surface area contributed by atoms with Crippen molar-refractivity contribution in [3.63, 3.8) is 0 Å². The predicted molar refractivity (Wildman–Crippen MR) is 178 cm³/mol. The van der Waals surface area contributed by atoms with Gasteiger partial charge in [-0.25, -0.2) is 0 Å². The maximum atomic E-state index is 13.2. The summed E-state index contributed by atoms with van der Waals surface area (Å²) in [5.74, 6) is 3.64. The van der Waals surface area contributed by atoms with Crippen LogP contribution in [0.25, 0.3) is 10.8 Å². The lowest BCUT2D eigenvalue weighted by molar-refractivity contribution is -0.136. The lowest BCUT2D eigenvalue weighted by Gasteiger charge is -2.38. The minimum atomic E-state index is -1.06. The maximum Gasteiger partial charge on any atom is 0.262 e. The van der Waals surface area contributed by atoms with E-state index in [2.05, 4.69) is 33.9 Å². The standard InChI is InChI=1S/C36H31N7O5/c1-36(2,35(48)40-29-12-9-23(17-38)25-5-3-4-6-26(25)29)39-18-21(16-37)7-8-22-19-42(20-22)24-10-11-27-28(15-24)34(47)43(33(27)46)30-13-14-31(44)41-32(30)45/h3-6,9-12,15-16,18,22,30,37,39H,13-14,19-20H2,1-2H3,(H,40,48)(H,41,44,45)/b21-18-,37-16?. The highest BCUT2D eigenvalue weighted by Crippen LogP contribution is 2.33. The van der Waals surface area contributed by atoms with Gasteiger partial charge in [-0.15, -0.1) is 0 Å². The van der Waals surface area contributed by atoms with Crippen LogP contribution in [0.4, 0.5) is 11.4 Å². The fraction of sp³-hybridized carbons (Fsp3) is 0.250. The van der Waals surface area contributed by atoms with Crippen molar-refractivity contribution in [2.45, 2.75) is 38.3 Å². The van der Waals surface area contributed by atoms with Gasteiger partial charge in [0.2, 0.25) is 17.7 Å². The van der Waals surface area contributed by atoms with Gasteiger partial charge in [-0.3, -0.25) is 34.2 Å². The molecule has 2 saturated heterocycles. The van der Waals surface area contributed by atoms with E-state index in [0.717, 1.165) is 27.6 Å². The van der Waals surface area contributed by atoms with E-state index in [1.807, 2.05) is 29.2 Å². The Labute approximate surface area is 276 Å². The first-order chi connectivity index (χ1) is 23.0. The van der Waals surface area contributed by atoms with Crippen LogP contribution in [0.15, 0.2) is 66.4 Å². The van der Waals surface area contributed by atoms with E-state index in [-0.39, 0.29) is 35.8 Å². The van der Waals surface area contributed by atoms with Crippen LogP contribution in [0.3, 0.4) is 0 Å². The lowest BCUT2D eigenvalue weighted by atomic mass is 9.98. The number of carbonyl (C=O) groups excluding carboxylic acids is 5. The Morgan fingerprint density at radius 1 is 1.02 bits per heavy atom. The van der Waals surface area contributed by atoms with Crippen molar-refractivity contribution in [3.05, 3.63) is 83.1 Å². The second kappa shape index (κ2) is 12.5. The number of amides is 5. The summed E-state index contributed by atoms with van der Waals surface area (Å²) in [6.45, 7) is 4.55. The van der Waals surface area contributed by atoms with Crippen LogP contribution < -0.4 is 20.9 Å². The summed E-state index contributed by atoms with van der Waals surface area (Å²) in [6.07, 6.45) is 2.79. The molecule has 1 atom stereocenters. The molecule has 12 nitrogen and oxygen atoms in total. The molecule has 0 saturated carbocycles. The molecule has 0 spiro atoms. The zero-order valence-corrected chi connectivity index (χ0v) is 26.2. The first-order valence-electron chi connectivity index (χ1n) is 15.3. The fourth-order valence-corrected chi connectivity index (χ4v) is 5.84. The molecule has 12 heteroatoms. The first kappa shape index (κ1) is 31.7. The van der Waals surface area contributed by atoms with Gasteiger partial charge < -0.3 is 20.9 Å². The van der Waals surface area contributed by atoms with E-state index < -0.39 is 35.2 Å². The summed E-state index contributed by atoms with van der Waals surface area (Å²) in [5, 5.41) is 26.9. The summed E-state index contributed by atoms with van der Waals surface area (Å²) in [6, 6.07) is 16.9. The van der Waals surface area contributed by atoms with Gasteiger partial charge >= 0.3 is 0 Å². The van der Waals surface area contributed by atoms with Crippen LogP contribution >= 0.6 is 0 Å². The Morgan fingerprint density at radius 3 is 2.46 bits per heavy atom. The molecule has 0 aliphatic carbocycles. The van der Waals surface area contributed by atoms with Crippen molar-refractivity contribution in [1.82, 2.24) is 15.5 Å². The summed E-state index contributed by atoms with van der Waals surface area (Å²) in [7, 11) is 0. The lowest BCUT2D eigenvalue weighted by Crippen LogP contribution is -2.54. The largest absolute Gasteiger partial charge is 0.377 e. The van der Waals surface area contributed by atoms with Gasteiger partial charge in [0.1, 0.15) is 11.6 Å². The van der Waals surface area contributed by atoms with Gasteiger partial charge in [0.15, 0.2) is 0 Å². The van der Waals surface area contributed by atoms with Gasteiger partial charge in [-0.1, -0.05) is 36.1 Å². The van der Waals surface area contributed by atoms with E-state index in [4.69, 9.17) is 5.41 Å². The summed E-state index contributed by atoms with van der Waals surface area (Å²) < 4.78 is 0. The number of piperidine rings is 1.